The Labute approximate surface area is 155 Å². The van der Waals surface area contributed by atoms with Crippen molar-refractivity contribution in [2.24, 2.45) is 16.9 Å². The summed E-state index contributed by atoms with van der Waals surface area (Å²) >= 11 is 0. The molecule has 10 heteroatoms. The molecule has 4 N–H and O–H groups in total. The maximum Gasteiger partial charge on any atom is 0.328 e. The molecule has 0 aromatic heterocycles. The lowest BCUT2D eigenvalue weighted by Crippen LogP contribution is -2.70. The lowest BCUT2D eigenvalue weighted by Gasteiger charge is -2.35. The van der Waals surface area contributed by atoms with Crippen LogP contribution in [0.1, 0.15) is 24.2 Å². The van der Waals surface area contributed by atoms with Crippen molar-refractivity contribution in [3.63, 3.8) is 0 Å². The zero-order valence-corrected chi connectivity index (χ0v) is 15.0. The molecule has 1 aliphatic heterocycles. The largest absolute Gasteiger partial charge is 0.497 e. The topological polar surface area (TPSA) is 146 Å². The Morgan fingerprint density at radius 2 is 1.74 bits per heavy atom. The second-order valence-electron chi connectivity index (χ2n) is 6.22. The molecule has 1 atom stereocenters. The predicted molar refractivity (Wildman–Crippen MR) is 93.9 cm³/mol. The van der Waals surface area contributed by atoms with E-state index in [4.69, 9.17) is 4.74 Å². The van der Waals surface area contributed by atoms with E-state index >= 15 is 0 Å². The monoisotopic (exact) mass is 376 g/mol. The molecule has 1 aliphatic rings. The number of barbiturate groups is 1. The number of nitrogens with one attached hydrogen (secondary N) is 3. The van der Waals surface area contributed by atoms with Gasteiger partial charge in [0.05, 0.1) is 7.11 Å². The Bertz CT molecular complexity index is 767. The summed E-state index contributed by atoms with van der Waals surface area (Å²) < 4.78 is 5.01. The second-order valence-corrected chi connectivity index (χ2v) is 6.22. The van der Waals surface area contributed by atoms with Gasteiger partial charge in [0.25, 0.3) is 17.7 Å². The molecule has 0 spiro atoms. The van der Waals surface area contributed by atoms with Gasteiger partial charge in [-0.15, -0.1) is 0 Å². The Hall–Kier alpha value is -3.27. The van der Waals surface area contributed by atoms with Crippen LogP contribution in [0.2, 0.25) is 0 Å². The number of hydrogen-bond donors (Lipinski definition) is 4. The van der Waals surface area contributed by atoms with Crippen LogP contribution >= 0.6 is 0 Å². The number of hydrogen-bond acceptors (Lipinski definition) is 7. The number of aliphatic hydroxyl groups is 1. The Morgan fingerprint density at radius 3 is 2.22 bits per heavy atom. The van der Waals surface area contributed by atoms with E-state index in [1.165, 1.54) is 19.2 Å². The number of urea groups is 1. The minimum absolute atomic E-state index is 0.312. The highest BCUT2D eigenvalue weighted by Crippen LogP contribution is 2.26. The van der Waals surface area contributed by atoms with E-state index < -0.39 is 41.2 Å². The minimum atomic E-state index is -2.53. The molecule has 0 radical (unpaired) electrons. The summed E-state index contributed by atoms with van der Waals surface area (Å²) in [7, 11) is 1.50. The van der Waals surface area contributed by atoms with Crippen molar-refractivity contribution in [3.05, 3.63) is 29.8 Å². The molecule has 144 valence electrons. The van der Waals surface area contributed by atoms with Crippen molar-refractivity contribution >= 4 is 30.0 Å². The van der Waals surface area contributed by atoms with Gasteiger partial charge in [0.15, 0.2) is 0 Å². The normalized spacial score (nSPS) is 17.4. The van der Waals surface area contributed by atoms with Crippen molar-refractivity contribution in [2.45, 2.75) is 19.4 Å². The summed E-state index contributed by atoms with van der Waals surface area (Å²) in [6.07, 6.45) is 1.10. The summed E-state index contributed by atoms with van der Waals surface area (Å²) in [5.41, 5.74) is 0.0450. The maximum absolute atomic E-state index is 12.1. The van der Waals surface area contributed by atoms with E-state index in [0.717, 1.165) is 6.21 Å². The Balaban J connectivity index is 2.15. The van der Waals surface area contributed by atoms with E-state index in [9.17, 15) is 24.3 Å². The smallest absolute Gasteiger partial charge is 0.328 e. The van der Waals surface area contributed by atoms with Crippen LogP contribution in [0.25, 0.3) is 0 Å². The minimum Gasteiger partial charge on any atom is -0.497 e. The summed E-state index contributed by atoms with van der Waals surface area (Å²) in [5.74, 6) is -3.76. The molecule has 2 rings (SSSR count). The van der Waals surface area contributed by atoms with Crippen molar-refractivity contribution in [1.29, 1.82) is 0 Å². The van der Waals surface area contributed by atoms with Gasteiger partial charge >= 0.3 is 6.03 Å². The number of rotatable bonds is 6. The number of benzene rings is 1. The van der Waals surface area contributed by atoms with Crippen molar-refractivity contribution in [2.75, 3.05) is 7.11 Å². The zero-order chi connectivity index (χ0) is 20.2. The van der Waals surface area contributed by atoms with Gasteiger partial charge in [0.2, 0.25) is 5.60 Å². The Morgan fingerprint density at radius 1 is 1.19 bits per heavy atom. The van der Waals surface area contributed by atoms with Crippen molar-refractivity contribution in [1.82, 2.24) is 16.1 Å². The highest BCUT2D eigenvalue weighted by Gasteiger charge is 2.55. The fraction of sp³-hybridized carbons (Fsp3) is 0.353. The molecule has 1 saturated heterocycles. The average molecular weight is 376 g/mol. The molecule has 1 heterocycles. The van der Waals surface area contributed by atoms with Gasteiger partial charge in [-0.3, -0.25) is 25.0 Å². The maximum atomic E-state index is 12.1. The van der Waals surface area contributed by atoms with E-state index in [0.29, 0.717) is 11.3 Å². The van der Waals surface area contributed by atoms with Crippen LogP contribution < -0.4 is 20.8 Å². The number of ether oxygens (including phenoxy) is 1. The molecule has 0 aliphatic carbocycles. The molecular formula is C17H20N4O6. The predicted octanol–water partition coefficient (Wildman–Crippen LogP) is -0.220. The first-order valence-corrected chi connectivity index (χ1v) is 8.07. The number of imide groups is 2. The number of nitrogens with zero attached hydrogens (tertiary/aromatic N) is 1. The third kappa shape index (κ3) is 4.11. The summed E-state index contributed by atoms with van der Waals surface area (Å²) in [6, 6.07) is 5.26. The number of hydrazone groups is 1. The molecule has 0 bridgehead atoms. The molecule has 1 fully saturated rings. The van der Waals surface area contributed by atoms with Crippen LogP contribution in [0.3, 0.4) is 0 Å². The summed E-state index contributed by atoms with van der Waals surface area (Å²) in [4.78, 5) is 47.4. The number of carbonyl (C=O) groups excluding carboxylic acids is 4. The lowest BCUT2D eigenvalue weighted by atomic mass is 9.78. The molecule has 1 aromatic carbocycles. The fourth-order valence-corrected chi connectivity index (χ4v) is 2.58. The molecule has 1 unspecified atom stereocenters. The van der Waals surface area contributed by atoms with Crippen LogP contribution in [0, 0.1) is 11.8 Å². The van der Waals surface area contributed by atoms with Gasteiger partial charge in [-0.1, -0.05) is 13.8 Å². The first-order valence-electron chi connectivity index (χ1n) is 8.07. The van der Waals surface area contributed by atoms with Gasteiger partial charge in [-0.2, -0.15) is 5.10 Å². The quantitative estimate of drug-likeness (QED) is 0.307. The van der Waals surface area contributed by atoms with Crippen LogP contribution in [0.15, 0.2) is 29.4 Å². The summed E-state index contributed by atoms with van der Waals surface area (Å²) in [6.45, 7) is 3.30. The molecule has 1 aromatic rings. The summed E-state index contributed by atoms with van der Waals surface area (Å²) in [5, 5.41) is 18.1. The van der Waals surface area contributed by atoms with Gasteiger partial charge in [0.1, 0.15) is 5.75 Å². The van der Waals surface area contributed by atoms with E-state index in [2.05, 4.69) is 10.5 Å². The van der Waals surface area contributed by atoms with Crippen LogP contribution in [0.5, 0.6) is 5.75 Å². The van der Waals surface area contributed by atoms with Gasteiger partial charge in [0, 0.05) is 17.7 Å². The molecule has 10 nitrogen and oxygen atoms in total. The van der Waals surface area contributed by atoms with E-state index in [-0.39, 0.29) is 0 Å². The lowest BCUT2D eigenvalue weighted by molar-refractivity contribution is -0.159. The Kier molecular flexibility index (Phi) is 5.91. The standard InChI is InChI=1S/C17H20N4O6/c1-9(2)12(17(26)14(23)19-16(25)20-15(17)24)8-18-21-13(22)10-4-6-11(27-3)7-5-10/h4-9,12,26H,1-3H3,(H,21,22)(H2,19,20,23,24,25)/b18-8+. The van der Waals surface area contributed by atoms with E-state index in [1.807, 2.05) is 10.6 Å². The SMILES string of the molecule is COc1ccc(C(=O)N/N=C/C(C(C)C)C2(O)C(=O)NC(=O)NC2=O)cc1. The zero-order valence-electron chi connectivity index (χ0n) is 15.0. The third-order valence-electron chi connectivity index (χ3n) is 4.10. The van der Waals surface area contributed by atoms with E-state index in [1.54, 1.807) is 26.0 Å². The second kappa shape index (κ2) is 7.96. The van der Waals surface area contributed by atoms with Crippen LogP contribution in [-0.2, 0) is 9.59 Å². The van der Waals surface area contributed by atoms with Crippen LogP contribution in [-0.4, -0.2) is 47.8 Å². The van der Waals surface area contributed by atoms with Gasteiger partial charge < -0.3 is 9.84 Å². The van der Waals surface area contributed by atoms with Gasteiger partial charge in [-0.25, -0.2) is 10.2 Å². The highest BCUT2D eigenvalue weighted by molar-refractivity contribution is 6.22. The number of methoxy groups -OCH3 is 1. The molecular weight excluding hydrogens is 356 g/mol. The molecule has 27 heavy (non-hydrogen) atoms. The highest BCUT2D eigenvalue weighted by atomic mass is 16.5. The van der Waals surface area contributed by atoms with Crippen molar-refractivity contribution < 1.29 is 29.0 Å². The first kappa shape index (κ1) is 20.0. The van der Waals surface area contributed by atoms with Crippen molar-refractivity contribution in [3.8, 4) is 5.75 Å². The fourth-order valence-electron chi connectivity index (χ4n) is 2.58. The number of carbonyl (C=O) groups is 4. The van der Waals surface area contributed by atoms with Crippen LogP contribution in [0.4, 0.5) is 4.79 Å². The third-order valence-corrected chi connectivity index (χ3v) is 4.10. The number of amides is 5. The average Bonchev–Trinajstić information content (AvgIpc) is 2.62. The van der Waals surface area contributed by atoms with Gasteiger partial charge in [-0.05, 0) is 30.2 Å². The first-order chi connectivity index (χ1) is 12.7. The molecule has 0 saturated carbocycles. The molecule has 5 amide bonds.